The molecule has 0 N–H and O–H groups in total. The first kappa shape index (κ1) is 32.8. The summed E-state index contributed by atoms with van der Waals surface area (Å²) in [6, 6.07) is 0. The van der Waals surface area contributed by atoms with Gasteiger partial charge in [-0.05, 0) is 19.3 Å². The van der Waals surface area contributed by atoms with Gasteiger partial charge in [0.25, 0.3) is 0 Å². The molecular weight excluding hydrogens is 407 g/mol. The molecule has 6 heteroatoms. The van der Waals surface area contributed by atoms with Gasteiger partial charge >= 0.3 is 29.6 Å². The average Bonchev–Trinajstić information content (AvgIpc) is 2.68. The van der Waals surface area contributed by atoms with Crippen LogP contribution in [0.1, 0.15) is 129 Å². The SMILES string of the molecule is CCCCCCCCCC/C=C/C(CCCCCCCCCC)COS(=O)(=O)[O-].[Na+]. The molecule has 0 heterocycles. The zero-order valence-corrected chi connectivity index (χ0v) is 23.0. The molecule has 0 saturated heterocycles. The molecule has 1 unspecified atom stereocenters. The third-order valence-electron chi connectivity index (χ3n) is 5.49. The molecule has 0 aliphatic heterocycles. The van der Waals surface area contributed by atoms with Crippen LogP contribution < -0.4 is 29.6 Å². The van der Waals surface area contributed by atoms with Crippen molar-refractivity contribution >= 4 is 10.4 Å². The van der Waals surface area contributed by atoms with Crippen LogP contribution in [0.5, 0.6) is 0 Å². The second kappa shape index (κ2) is 24.3. The smallest absolute Gasteiger partial charge is 0.726 e. The van der Waals surface area contributed by atoms with Crippen LogP contribution in [0.15, 0.2) is 12.2 Å². The summed E-state index contributed by atoms with van der Waals surface area (Å²) in [5.41, 5.74) is 0. The van der Waals surface area contributed by atoms with Crippen LogP contribution in [-0.4, -0.2) is 19.6 Å². The van der Waals surface area contributed by atoms with Crippen LogP contribution in [0, 0.1) is 5.92 Å². The minimum atomic E-state index is -4.60. The summed E-state index contributed by atoms with van der Waals surface area (Å²) in [5.74, 6) is 0.0212. The topological polar surface area (TPSA) is 66.4 Å². The van der Waals surface area contributed by atoms with E-state index < -0.39 is 10.4 Å². The van der Waals surface area contributed by atoms with Crippen molar-refractivity contribution in [3.8, 4) is 0 Å². The van der Waals surface area contributed by atoms with Crippen molar-refractivity contribution in [2.24, 2.45) is 5.92 Å². The first-order valence-corrected chi connectivity index (χ1v) is 13.6. The molecule has 0 radical (unpaired) electrons. The second-order valence-corrected chi connectivity index (χ2v) is 9.46. The number of unbranched alkanes of at least 4 members (excludes halogenated alkanes) is 15. The van der Waals surface area contributed by atoms with Crippen LogP contribution in [-0.2, 0) is 14.6 Å². The molecule has 0 fully saturated rings. The zero-order chi connectivity index (χ0) is 21.6. The fourth-order valence-electron chi connectivity index (χ4n) is 3.63. The van der Waals surface area contributed by atoms with Gasteiger partial charge in [0.05, 0.1) is 6.61 Å². The normalized spacial score (nSPS) is 12.9. The van der Waals surface area contributed by atoms with E-state index in [-0.39, 0.29) is 42.1 Å². The van der Waals surface area contributed by atoms with Crippen LogP contribution in [0.4, 0.5) is 0 Å². The minimum Gasteiger partial charge on any atom is -0.726 e. The molecule has 0 aromatic rings. The van der Waals surface area contributed by atoms with Gasteiger partial charge in [-0.15, -0.1) is 0 Å². The Morgan fingerprint density at radius 3 is 1.63 bits per heavy atom. The van der Waals surface area contributed by atoms with E-state index in [0.717, 1.165) is 19.3 Å². The number of hydrogen-bond acceptors (Lipinski definition) is 4. The van der Waals surface area contributed by atoms with Gasteiger partial charge in [0.2, 0.25) is 10.4 Å². The van der Waals surface area contributed by atoms with Gasteiger partial charge in [-0.25, -0.2) is 8.42 Å². The van der Waals surface area contributed by atoms with E-state index in [1.165, 1.54) is 96.3 Å². The van der Waals surface area contributed by atoms with Gasteiger partial charge in [-0.3, -0.25) is 4.18 Å². The van der Waals surface area contributed by atoms with Crippen molar-refractivity contribution in [1.82, 2.24) is 0 Å². The number of hydrogen-bond donors (Lipinski definition) is 0. The quantitative estimate of drug-likeness (QED) is 0.0782. The van der Waals surface area contributed by atoms with Crippen molar-refractivity contribution in [3.63, 3.8) is 0 Å². The summed E-state index contributed by atoms with van der Waals surface area (Å²) in [6.07, 6.45) is 26.5. The molecule has 0 spiro atoms. The van der Waals surface area contributed by atoms with Gasteiger partial charge in [-0.2, -0.15) is 0 Å². The molecule has 1 atom stereocenters. The summed E-state index contributed by atoms with van der Waals surface area (Å²) in [7, 11) is -4.60. The average molecular weight is 455 g/mol. The Hall–Kier alpha value is 0.610. The van der Waals surface area contributed by atoms with Gasteiger partial charge in [0.15, 0.2) is 0 Å². The van der Waals surface area contributed by atoms with Crippen LogP contribution in [0.25, 0.3) is 0 Å². The second-order valence-electron chi connectivity index (χ2n) is 8.41. The molecule has 0 aromatic heterocycles. The Kier molecular flexibility index (Phi) is 26.5. The molecule has 4 nitrogen and oxygen atoms in total. The molecule has 0 rings (SSSR count). The summed E-state index contributed by atoms with van der Waals surface area (Å²) in [4.78, 5) is 0. The Morgan fingerprint density at radius 1 is 0.733 bits per heavy atom. The third kappa shape index (κ3) is 26.6. The van der Waals surface area contributed by atoms with E-state index in [1.807, 2.05) is 0 Å². The zero-order valence-electron chi connectivity index (χ0n) is 20.2. The monoisotopic (exact) mass is 454 g/mol. The minimum absolute atomic E-state index is 0. The van der Waals surface area contributed by atoms with Crippen LogP contribution in [0.3, 0.4) is 0 Å². The number of allylic oxidation sites excluding steroid dienone is 1. The first-order valence-electron chi connectivity index (χ1n) is 12.3. The standard InChI is InChI=1S/C24H48O4S.Na/c1-3-5-7-9-11-13-14-16-18-20-22-24(23-28-29(25,26)27)21-19-17-15-12-10-8-6-4-2;/h20,22,24H,3-19,21,23H2,1-2H3,(H,25,26,27);/q;+1/p-1/b22-20+;. The molecule has 0 saturated carbocycles. The largest absolute Gasteiger partial charge is 1.00 e. The van der Waals surface area contributed by atoms with Gasteiger partial charge in [0, 0.05) is 5.92 Å². The van der Waals surface area contributed by atoms with Crippen LogP contribution >= 0.6 is 0 Å². The van der Waals surface area contributed by atoms with E-state index in [9.17, 15) is 13.0 Å². The van der Waals surface area contributed by atoms with Crippen molar-refractivity contribution in [2.45, 2.75) is 129 Å². The first-order chi connectivity index (χ1) is 14.0. The summed E-state index contributed by atoms with van der Waals surface area (Å²) in [5, 5.41) is 0. The maximum atomic E-state index is 10.8. The molecule has 0 aliphatic carbocycles. The molecule has 0 aliphatic rings. The Morgan fingerprint density at radius 2 is 1.17 bits per heavy atom. The van der Waals surface area contributed by atoms with Crippen molar-refractivity contribution in [1.29, 1.82) is 0 Å². The fraction of sp³-hybridized carbons (Fsp3) is 0.917. The third-order valence-corrected chi connectivity index (χ3v) is 5.91. The Bertz CT molecular complexity index is 466. The fourth-order valence-corrected chi connectivity index (χ4v) is 3.97. The predicted molar refractivity (Wildman–Crippen MR) is 123 cm³/mol. The predicted octanol–water partition coefficient (Wildman–Crippen LogP) is 4.70. The maximum absolute atomic E-state index is 10.8. The molecule has 174 valence electrons. The summed E-state index contributed by atoms with van der Waals surface area (Å²) in [6.45, 7) is 4.45. The van der Waals surface area contributed by atoms with Gasteiger partial charge in [-0.1, -0.05) is 122 Å². The Balaban J connectivity index is 0. The van der Waals surface area contributed by atoms with E-state index >= 15 is 0 Å². The molecular formula is C24H47NaO4S. The summed E-state index contributed by atoms with van der Waals surface area (Å²) < 4.78 is 36.9. The van der Waals surface area contributed by atoms with Crippen molar-refractivity contribution in [3.05, 3.63) is 12.2 Å². The van der Waals surface area contributed by atoms with Gasteiger partial charge < -0.3 is 4.55 Å². The maximum Gasteiger partial charge on any atom is 1.00 e. The van der Waals surface area contributed by atoms with E-state index in [2.05, 4.69) is 30.2 Å². The molecule has 0 bridgehead atoms. The van der Waals surface area contributed by atoms with E-state index in [4.69, 9.17) is 0 Å². The molecule has 30 heavy (non-hydrogen) atoms. The van der Waals surface area contributed by atoms with E-state index in [0.29, 0.717) is 0 Å². The van der Waals surface area contributed by atoms with E-state index in [1.54, 1.807) is 0 Å². The molecule has 0 aromatic carbocycles. The van der Waals surface area contributed by atoms with Crippen LogP contribution in [0.2, 0.25) is 0 Å². The number of rotatable bonds is 22. The van der Waals surface area contributed by atoms with Crippen molar-refractivity contribution < 1.29 is 46.7 Å². The molecule has 0 amide bonds. The summed E-state index contributed by atoms with van der Waals surface area (Å²) >= 11 is 0. The van der Waals surface area contributed by atoms with Crippen molar-refractivity contribution in [2.75, 3.05) is 6.61 Å². The Labute approximate surface area is 210 Å². The van der Waals surface area contributed by atoms with Gasteiger partial charge in [0.1, 0.15) is 0 Å².